The van der Waals surface area contributed by atoms with Crippen LogP contribution >= 0.6 is 0 Å². The van der Waals surface area contributed by atoms with E-state index < -0.39 is 10.0 Å². The van der Waals surface area contributed by atoms with Crippen LogP contribution in [0.1, 0.15) is 19.3 Å². The number of nitrogens with one attached hydrogen (secondary N) is 2. The van der Waals surface area contributed by atoms with E-state index in [1.807, 2.05) is 0 Å². The van der Waals surface area contributed by atoms with Crippen LogP contribution < -0.4 is 4.72 Å². The van der Waals surface area contributed by atoms with Crippen LogP contribution in [-0.2, 0) is 14.8 Å². The fourth-order valence-corrected chi connectivity index (χ4v) is 2.82. The monoisotopic (exact) mass is 272 g/mol. The normalized spacial score (nSPS) is 16.1. The Morgan fingerprint density at radius 2 is 2.17 bits per heavy atom. The number of sulfonamides is 1. The number of H-pyrrole nitrogens is 1. The van der Waals surface area contributed by atoms with E-state index in [0.29, 0.717) is 0 Å². The van der Waals surface area contributed by atoms with Crippen LogP contribution in [0.2, 0.25) is 0 Å². The summed E-state index contributed by atoms with van der Waals surface area (Å²) in [7, 11) is -3.57. The molecule has 1 aliphatic rings. The quantitative estimate of drug-likeness (QED) is 0.769. The summed E-state index contributed by atoms with van der Waals surface area (Å²) in [5.74, 6) is -0.000175. The van der Waals surface area contributed by atoms with Crippen LogP contribution in [-0.4, -0.2) is 48.8 Å². The third kappa shape index (κ3) is 3.08. The van der Waals surface area contributed by atoms with Crippen molar-refractivity contribution >= 4 is 15.9 Å². The fraction of sp³-hybridized carbons (Fsp3) is 0.600. The second-order valence-corrected chi connectivity index (χ2v) is 5.89. The van der Waals surface area contributed by atoms with Crippen molar-refractivity contribution in [2.45, 2.75) is 24.3 Å². The maximum Gasteiger partial charge on any atom is 0.257 e. The molecule has 1 aliphatic heterocycles. The molecular weight excluding hydrogens is 256 g/mol. The number of amides is 1. The fourth-order valence-electron chi connectivity index (χ4n) is 1.88. The number of carbonyl (C=O) groups excluding carboxylic acids is 1. The van der Waals surface area contributed by atoms with Gasteiger partial charge < -0.3 is 9.88 Å². The van der Waals surface area contributed by atoms with Crippen LogP contribution in [0.3, 0.4) is 0 Å². The lowest BCUT2D eigenvalue weighted by atomic mass is 10.4. The predicted molar refractivity (Wildman–Crippen MR) is 64.2 cm³/mol. The highest BCUT2D eigenvalue weighted by Gasteiger charge is 2.19. The van der Waals surface area contributed by atoms with Crippen molar-refractivity contribution in [1.29, 1.82) is 0 Å². The standard InChI is InChI=1S/C10H16N4O3S/c15-10(14-5-1-2-6-14)3-4-13-18(16,17)9-7-11-8-12-9/h7-8,13H,1-6H2,(H,11,12). The van der Waals surface area contributed by atoms with Crippen molar-refractivity contribution in [2.75, 3.05) is 19.6 Å². The Balaban J connectivity index is 1.80. The average Bonchev–Trinajstić information content (AvgIpc) is 3.02. The molecule has 2 heterocycles. The van der Waals surface area contributed by atoms with E-state index in [4.69, 9.17) is 0 Å². The Kier molecular flexibility index (Phi) is 3.97. The minimum absolute atomic E-state index is 0.000175. The van der Waals surface area contributed by atoms with Gasteiger partial charge in [0.15, 0.2) is 5.03 Å². The van der Waals surface area contributed by atoms with Crippen LogP contribution in [0.4, 0.5) is 0 Å². The van der Waals surface area contributed by atoms with Crippen LogP contribution in [0.25, 0.3) is 0 Å². The molecule has 7 nitrogen and oxygen atoms in total. The molecule has 0 bridgehead atoms. The number of aromatic nitrogens is 2. The SMILES string of the molecule is O=C(CCNS(=O)(=O)c1cnc[nH]1)N1CCCC1. The van der Waals surface area contributed by atoms with Crippen molar-refractivity contribution < 1.29 is 13.2 Å². The summed E-state index contributed by atoms with van der Waals surface area (Å²) in [4.78, 5) is 19.6. The van der Waals surface area contributed by atoms with E-state index in [1.54, 1.807) is 4.90 Å². The summed E-state index contributed by atoms with van der Waals surface area (Å²) in [5, 5.41) is 0.0103. The molecule has 0 aromatic carbocycles. The Labute approximate surface area is 106 Å². The van der Waals surface area contributed by atoms with Crippen molar-refractivity contribution in [1.82, 2.24) is 19.6 Å². The van der Waals surface area contributed by atoms with Gasteiger partial charge in [-0.3, -0.25) is 4.79 Å². The summed E-state index contributed by atoms with van der Waals surface area (Å²) in [6.45, 7) is 1.68. The van der Waals surface area contributed by atoms with E-state index in [0.717, 1.165) is 25.9 Å². The van der Waals surface area contributed by atoms with Gasteiger partial charge in [0.25, 0.3) is 10.0 Å². The third-order valence-corrected chi connectivity index (χ3v) is 4.24. The summed E-state index contributed by atoms with van der Waals surface area (Å²) in [6.07, 6.45) is 4.78. The summed E-state index contributed by atoms with van der Waals surface area (Å²) in [5.41, 5.74) is 0. The van der Waals surface area contributed by atoms with Gasteiger partial charge in [-0.05, 0) is 12.8 Å². The molecule has 0 atom stereocenters. The molecule has 0 saturated carbocycles. The predicted octanol–water partition coefficient (Wildman–Crippen LogP) is -0.299. The molecule has 0 radical (unpaired) electrons. The molecule has 0 unspecified atom stereocenters. The first-order chi connectivity index (χ1) is 8.59. The number of imidazole rings is 1. The molecule has 1 amide bonds. The van der Waals surface area contributed by atoms with Crippen LogP contribution in [0, 0.1) is 0 Å². The number of aromatic amines is 1. The highest BCUT2D eigenvalue weighted by molar-refractivity contribution is 7.89. The van der Waals surface area contributed by atoms with Gasteiger partial charge in [-0.2, -0.15) is 0 Å². The van der Waals surface area contributed by atoms with Crippen molar-refractivity contribution in [3.05, 3.63) is 12.5 Å². The van der Waals surface area contributed by atoms with Gasteiger partial charge in [-0.25, -0.2) is 18.1 Å². The Morgan fingerprint density at radius 1 is 1.44 bits per heavy atom. The van der Waals surface area contributed by atoms with Crippen molar-refractivity contribution in [2.24, 2.45) is 0 Å². The van der Waals surface area contributed by atoms with E-state index in [2.05, 4.69) is 14.7 Å². The van der Waals surface area contributed by atoms with Crippen molar-refractivity contribution in [3.63, 3.8) is 0 Å². The Bertz CT molecular complexity index is 491. The number of carbonyl (C=O) groups is 1. The Morgan fingerprint density at radius 3 is 2.78 bits per heavy atom. The zero-order valence-electron chi connectivity index (χ0n) is 9.92. The van der Waals surface area contributed by atoms with E-state index in [1.165, 1.54) is 12.5 Å². The number of nitrogens with zero attached hydrogens (tertiary/aromatic N) is 2. The first kappa shape index (κ1) is 13.0. The molecule has 1 fully saturated rings. The number of rotatable bonds is 5. The maximum absolute atomic E-state index is 11.7. The lowest BCUT2D eigenvalue weighted by Gasteiger charge is -2.14. The van der Waals surface area contributed by atoms with Gasteiger partial charge >= 0.3 is 0 Å². The molecule has 2 rings (SSSR count). The minimum Gasteiger partial charge on any atom is -0.343 e. The molecule has 2 N–H and O–H groups in total. The molecular formula is C10H16N4O3S. The molecule has 1 saturated heterocycles. The van der Waals surface area contributed by atoms with Gasteiger partial charge in [0, 0.05) is 26.1 Å². The highest BCUT2D eigenvalue weighted by Crippen LogP contribution is 2.08. The largest absolute Gasteiger partial charge is 0.343 e. The topological polar surface area (TPSA) is 95.2 Å². The van der Waals surface area contributed by atoms with E-state index in [-0.39, 0.29) is 23.9 Å². The zero-order chi connectivity index (χ0) is 13.0. The zero-order valence-corrected chi connectivity index (χ0v) is 10.7. The van der Waals surface area contributed by atoms with E-state index >= 15 is 0 Å². The second-order valence-electron chi connectivity index (χ2n) is 4.15. The molecule has 1 aromatic rings. The summed E-state index contributed by atoms with van der Waals surface area (Å²) < 4.78 is 25.7. The van der Waals surface area contributed by atoms with Gasteiger partial charge in [0.2, 0.25) is 5.91 Å². The first-order valence-corrected chi connectivity index (χ1v) is 7.34. The van der Waals surface area contributed by atoms with Crippen molar-refractivity contribution in [3.8, 4) is 0 Å². The molecule has 8 heteroatoms. The molecule has 18 heavy (non-hydrogen) atoms. The molecule has 0 spiro atoms. The first-order valence-electron chi connectivity index (χ1n) is 5.85. The molecule has 0 aliphatic carbocycles. The Hall–Kier alpha value is -1.41. The third-order valence-electron chi connectivity index (χ3n) is 2.85. The highest BCUT2D eigenvalue weighted by atomic mass is 32.2. The average molecular weight is 272 g/mol. The van der Waals surface area contributed by atoms with Gasteiger partial charge in [-0.15, -0.1) is 0 Å². The number of hydrogen-bond donors (Lipinski definition) is 2. The van der Waals surface area contributed by atoms with Gasteiger partial charge in [0.05, 0.1) is 12.5 Å². The van der Waals surface area contributed by atoms with Gasteiger partial charge in [-0.1, -0.05) is 0 Å². The van der Waals surface area contributed by atoms with Crippen LogP contribution in [0.15, 0.2) is 17.6 Å². The molecule has 100 valence electrons. The molecule has 1 aromatic heterocycles. The minimum atomic E-state index is -3.57. The number of hydrogen-bond acceptors (Lipinski definition) is 4. The lowest BCUT2D eigenvalue weighted by molar-refractivity contribution is -0.129. The van der Waals surface area contributed by atoms with Crippen LogP contribution in [0.5, 0.6) is 0 Å². The van der Waals surface area contributed by atoms with E-state index in [9.17, 15) is 13.2 Å². The smallest absolute Gasteiger partial charge is 0.257 e. The summed E-state index contributed by atoms with van der Waals surface area (Å²) in [6, 6.07) is 0. The second kappa shape index (κ2) is 5.49. The summed E-state index contributed by atoms with van der Waals surface area (Å²) >= 11 is 0. The number of likely N-dealkylation sites (tertiary alicyclic amines) is 1. The lowest BCUT2D eigenvalue weighted by Crippen LogP contribution is -2.32. The van der Waals surface area contributed by atoms with Gasteiger partial charge in [0.1, 0.15) is 0 Å². The maximum atomic E-state index is 11.7.